The van der Waals surface area contributed by atoms with Crippen LogP contribution in [0, 0.1) is 20.8 Å². The highest BCUT2D eigenvalue weighted by molar-refractivity contribution is 6.09. The molecule has 1 aromatic heterocycles. The molecule has 0 spiro atoms. The van der Waals surface area contributed by atoms with Gasteiger partial charge in [-0.15, -0.1) is 0 Å². The number of carbonyl (C=O) groups excluding carboxylic acids is 2. The van der Waals surface area contributed by atoms with E-state index in [2.05, 4.69) is 5.32 Å². The summed E-state index contributed by atoms with van der Waals surface area (Å²) in [7, 11) is 1.30. The van der Waals surface area contributed by atoms with E-state index in [1.165, 1.54) is 7.11 Å². The predicted molar refractivity (Wildman–Crippen MR) is 96.2 cm³/mol. The second kappa shape index (κ2) is 6.43. The van der Waals surface area contributed by atoms with Gasteiger partial charge in [-0.2, -0.15) is 0 Å². The minimum Gasteiger partial charge on any atom is -0.465 e. The van der Waals surface area contributed by atoms with Crippen LogP contribution in [0.2, 0.25) is 0 Å². The van der Waals surface area contributed by atoms with Crippen LogP contribution in [-0.2, 0) is 4.74 Å². The molecule has 0 saturated heterocycles. The van der Waals surface area contributed by atoms with Crippen LogP contribution in [0.15, 0.2) is 40.8 Å². The second-order valence-electron chi connectivity index (χ2n) is 5.98. The highest BCUT2D eigenvalue weighted by Gasteiger charge is 2.20. The highest BCUT2D eigenvalue weighted by Crippen LogP contribution is 2.29. The summed E-state index contributed by atoms with van der Waals surface area (Å²) < 4.78 is 10.5. The minimum atomic E-state index is -0.511. The summed E-state index contributed by atoms with van der Waals surface area (Å²) in [4.78, 5) is 24.5. The standard InChI is InChI=1S/C20H19NO4/c1-11-9-15-13(3)18(25-17(15)10-12(11)2)19(22)21-16-8-6-5-7-14(16)20(23)24-4/h5-10H,1-4H3,(H,21,22). The van der Waals surface area contributed by atoms with Crippen LogP contribution in [0.1, 0.15) is 37.6 Å². The molecule has 0 fully saturated rings. The molecule has 25 heavy (non-hydrogen) atoms. The van der Waals surface area contributed by atoms with E-state index in [1.54, 1.807) is 24.3 Å². The van der Waals surface area contributed by atoms with E-state index in [-0.39, 0.29) is 5.76 Å². The van der Waals surface area contributed by atoms with Gasteiger partial charge in [0.15, 0.2) is 5.76 Å². The number of amides is 1. The molecular formula is C20H19NO4. The van der Waals surface area contributed by atoms with Crippen molar-refractivity contribution in [2.45, 2.75) is 20.8 Å². The number of aryl methyl sites for hydroxylation is 3. The minimum absolute atomic E-state index is 0.236. The van der Waals surface area contributed by atoms with Gasteiger partial charge in [-0.25, -0.2) is 4.79 Å². The first kappa shape index (κ1) is 16.8. The molecule has 0 aliphatic heterocycles. The Morgan fingerprint density at radius 2 is 1.72 bits per heavy atom. The number of para-hydroxylation sites is 1. The van der Waals surface area contributed by atoms with E-state index in [1.807, 2.05) is 32.9 Å². The van der Waals surface area contributed by atoms with Gasteiger partial charge in [0.2, 0.25) is 0 Å². The first-order chi connectivity index (χ1) is 11.9. The Balaban J connectivity index is 1.99. The van der Waals surface area contributed by atoms with Crippen LogP contribution in [-0.4, -0.2) is 19.0 Å². The fourth-order valence-electron chi connectivity index (χ4n) is 2.75. The lowest BCUT2D eigenvalue weighted by Gasteiger charge is -2.08. The average molecular weight is 337 g/mol. The molecule has 5 heteroatoms. The molecule has 3 rings (SSSR count). The number of fused-ring (bicyclic) bond motifs is 1. The Bertz CT molecular complexity index is 985. The van der Waals surface area contributed by atoms with E-state index < -0.39 is 11.9 Å². The molecule has 0 unspecified atom stereocenters. The number of anilines is 1. The van der Waals surface area contributed by atoms with Gasteiger partial charge in [-0.3, -0.25) is 4.79 Å². The summed E-state index contributed by atoms with van der Waals surface area (Å²) in [6.07, 6.45) is 0. The molecule has 3 aromatic rings. The Morgan fingerprint density at radius 1 is 1.04 bits per heavy atom. The number of hydrogen-bond acceptors (Lipinski definition) is 4. The Morgan fingerprint density at radius 3 is 2.44 bits per heavy atom. The SMILES string of the molecule is COC(=O)c1ccccc1NC(=O)c1oc2cc(C)c(C)cc2c1C. The van der Waals surface area contributed by atoms with Gasteiger partial charge in [-0.1, -0.05) is 12.1 Å². The maximum Gasteiger partial charge on any atom is 0.339 e. The zero-order chi connectivity index (χ0) is 18.1. The fourth-order valence-corrected chi connectivity index (χ4v) is 2.75. The molecule has 1 N–H and O–H groups in total. The highest BCUT2D eigenvalue weighted by atomic mass is 16.5. The number of nitrogens with one attached hydrogen (secondary N) is 1. The number of carbonyl (C=O) groups is 2. The van der Waals surface area contributed by atoms with Crippen molar-refractivity contribution in [2.24, 2.45) is 0 Å². The average Bonchev–Trinajstić information content (AvgIpc) is 2.91. The van der Waals surface area contributed by atoms with Crippen molar-refractivity contribution in [3.8, 4) is 0 Å². The van der Waals surface area contributed by atoms with Crippen molar-refractivity contribution >= 4 is 28.5 Å². The maximum absolute atomic E-state index is 12.7. The van der Waals surface area contributed by atoms with Crippen LogP contribution in [0.5, 0.6) is 0 Å². The Hall–Kier alpha value is -3.08. The van der Waals surface area contributed by atoms with Crippen LogP contribution in [0.25, 0.3) is 11.0 Å². The van der Waals surface area contributed by atoms with Crippen molar-refractivity contribution < 1.29 is 18.7 Å². The number of ether oxygens (including phenoxy) is 1. The van der Waals surface area contributed by atoms with Crippen molar-refractivity contribution in [1.29, 1.82) is 0 Å². The fraction of sp³-hybridized carbons (Fsp3) is 0.200. The van der Waals surface area contributed by atoms with Gasteiger partial charge in [0.25, 0.3) is 5.91 Å². The van der Waals surface area contributed by atoms with Gasteiger partial charge >= 0.3 is 5.97 Å². The largest absolute Gasteiger partial charge is 0.465 e. The number of furan rings is 1. The third kappa shape index (κ3) is 3.01. The van der Waals surface area contributed by atoms with Crippen molar-refractivity contribution in [2.75, 3.05) is 12.4 Å². The molecular weight excluding hydrogens is 318 g/mol. The molecule has 1 amide bonds. The Labute approximate surface area is 145 Å². The van der Waals surface area contributed by atoms with Gasteiger partial charge < -0.3 is 14.5 Å². The predicted octanol–water partition coefficient (Wildman–Crippen LogP) is 4.40. The van der Waals surface area contributed by atoms with Gasteiger partial charge in [-0.05, 0) is 56.2 Å². The second-order valence-corrected chi connectivity index (χ2v) is 5.98. The smallest absolute Gasteiger partial charge is 0.339 e. The third-order valence-corrected chi connectivity index (χ3v) is 4.34. The number of hydrogen-bond donors (Lipinski definition) is 1. The first-order valence-electron chi connectivity index (χ1n) is 7.91. The summed E-state index contributed by atoms with van der Waals surface area (Å²) >= 11 is 0. The van der Waals surface area contributed by atoms with Gasteiger partial charge in [0.05, 0.1) is 18.4 Å². The number of benzene rings is 2. The molecule has 2 aromatic carbocycles. The molecule has 0 aliphatic carbocycles. The van der Waals surface area contributed by atoms with Crippen molar-refractivity contribution in [1.82, 2.24) is 0 Å². The summed E-state index contributed by atoms with van der Waals surface area (Å²) in [6, 6.07) is 10.6. The van der Waals surface area contributed by atoms with Crippen LogP contribution >= 0.6 is 0 Å². The number of rotatable bonds is 3. The molecule has 0 aliphatic rings. The van der Waals surface area contributed by atoms with Crippen LogP contribution in [0.3, 0.4) is 0 Å². The summed E-state index contributed by atoms with van der Waals surface area (Å²) in [5, 5.41) is 3.65. The summed E-state index contributed by atoms with van der Waals surface area (Å²) in [5.41, 5.74) is 4.35. The third-order valence-electron chi connectivity index (χ3n) is 4.34. The molecule has 5 nitrogen and oxygen atoms in total. The van der Waals surface area contributed by atoms with Gasteiger partial charge in [0.1, 0.15) is 5.58 Å². The lowest BCUT2D eigenvalue weighted by atomic mass is 10.0. The van der Waals surface area contributed by atoms with Crippen molar-refractivity contribution in [3.05, 3.63) is 64.4 Å². The molecule has 1 heterocycles. The molecule has 0 atom stereocenters. The van der Waals surface area contributed by atoms with E-state index >= 15 is 0 Å². The number of methoxy groups -OCH3 is 1. The lowest BCUT2D eigenvalue weighted by Crippen LogP contribution is -2.15. The molecule has 128 valence electrons. The zero-order valence-corrected chi connectivity index (χ0v) is 14.6. The zero-order valence-electron chi connectivity index (χ0n) is 14.6. The van der Waals surface area contributed by atoms with Crippen LogP contribution < -0.4 is 5.32 Å². The molecule has 0 saturated carbocycles. The maximum atomic E-state index is 12.7. The molecule has 0 bridgehead atoms. The van der Waals surface area contributed by atoms with Crippen molar-refractivity contribution in [3.63, 3.8) is 0 Å². The number of esters is 1. The van der Waals surface area contributed by atoms with Gasteiger partial charge in [0, 0.05) is 10.9 Å². The Kier molecular flexibility index (Phi) is 4.31. The van der Waals surface area contributed by atoms with E-state index in [9.17, 15) is 9.59 Å². The van der Waals surface area contributed by atoms with E-state index in [4.69, 9.17) is 9.15 Å². The van der Waals surface area contributed by atoms with E-state index in [0.717, 1.165) is 22.1 Å². The quantitative estimate of drug-likeness (QED) is 0.719. The van der Waals surface area contributed by atoms with E-state index in [0.29, 0.717) is 16.8 Å². The normalized spacial score (nSPS) is 10.7. The topological polar surface area (TPSA) is 68.5 Å². The summed E-state index contributed by atoms with van der Waals surface area (Å²) in [6.45, 7) is 5.87. The molecule has 0 radical (unpaired) electrons. The summed E-state index contributed by atoms with van der Waals surface area (Å²) in [5.74, 6) is -0.677. The van der Waals surface area contributed by atoms with Crippen LogP contribution in [0.4, 0.5) is 5.69 Å². The lowest BCUT2D eigenvalue weighted by molar-refractivity contribution is 0.0602. The first-order valence-corrected chi connectivity index (χ1v) is 7.91. The monoisotopic (exact) mass is 337 g/mol.